The Morgan fingerprint density at radius 3 is 2.31 bits per heavy atom. The van der Waals surface area contributed by atoms with Gasteiger partial charge in [-0.15, -0.1) is 11.6 Å². The maximum absolute atomic E-state index is 12.6. The maximum atomic E-state index is 12.6. The number of rotatable bonds is 2. The van der Waals surface area contributed by atoms with E-state index in [1.165, 1.54) is 0 Å². The molecule has 0 bridgehead atoms. The first-order valence-corrected chi connectivity index (χ1v) is 5.66. The lowest BCUT2D eigenvalue weighted by Crippen LogP contribution is -2.38. The third-order valence-electron chi connectivity index (χ3n) is 3.71. The van der Waals surface area contributed by atoms with Gasteiger partial charge >= 0.3 is 0 Å². The molecule has 0 N–H and O–H groups in total. The zero-order valence-electron chi connectivity index (χ0n) is 7.77. The largest absolute Gasteiger partial charge is 0.187 e. The van der Waals surface area contributed by atoms with Gasteiger partial charge in [-0.05, 0) is 30.2 Å². The third kappa shape index (κ3) is 1.59. The molecule has 0 heterocycles. The Morgan fingerprint density at radius 1 is 1.15 bits per heavy atom. The van der Waals surface area contributed by atoms with E-state index < -0.39 is 5.60 Å². The molecule has 2 fully saturated rings. The van der Waals surface area contributed by atoms with Crippen LogP contribution >= 0.6 is 11.6 Å². The van der Waals surface area contributed by atoms with Gasteiger partial charge in [-0.3, -0.25) is 0 Å². The second kappa shape index (κ2) is 3.74. The zero-order valence-corrected chi connectivity index (χ0v) is 8.52. The smallest absolute Gasteiger partial charge is 0.113 e. The topological polar surface area (TPSA) is 9.23 Å². The Balaban J connectivity index is 2.10. The molecular formula is C10H16ClFO. The van der Waals surface area contributed by atoms with E-state index in [1.54, 1.807) is 0 Å². The number of halogens is 2. The van der Waals surface area contributed by atoms with Crippen LogP contribution in [0.25, 0.3) is 0 Å². The molecule has 0 aromatic rings. The lowest BCUT2D eigenvalue weighted by Gasteiger charge is -2.32. The van der Waals surface area contributed by atoms with Gasteiger partial charge < -0.3 is 0 Å². The Kier molecular flexibility index (Phi) is 2.80. The van der Waals surface area contributed by atoms with Crippen molar-refractivity contribution in [2.75, 3.05) is 0 Å². The Morgan fingerprint density at radius 2 is 1.85 bits per heavy atom. The summed E-state index contributed by atoms with van der Waals surface area (Å²) in [6, 6.07) is 0. The summed E-state index contributed by atoms with van der Waals surface area (Å²) in [6.07, 6.45) is 7.09. The van der Waals surface area contributed by atoms with Crippen LogP contribution in [0.3, 0.4) is 0 Å². The molecule has 2 unspecified atom stereocenters. The summed E-state index contributed by atoms with van der Waals surface area (Å²) in [7, 11) is 0. The standard InChI is InChI=1S/C10H16ClFO/c11-9-5-3-4-8(9)10(13-12)6-1-2-7-10/h8-9H,1-7H2. The monoisotopic (exact) mass is 206 g/mol. The highest BCUT2D eigenvalue weighted by Gasteiger charge is 2.48. The molecule has 0 aliphatic heterocycles. The zero-order chi connectivity index (χ0) is 9.31. The van der Waals surface area contributed by atoms with Crippen LogP contribution in [0.5, 0.6) is 0 Å². The van der Waals surface area contributed by atoms with Crippen molar-refractivity contribution in [3.8, 4) is 0 Å². The quantitative estimate of drug-likeness (QED) is 0.628. The van der Waals surface area contributed by atoms with E-state index in [1.807, 2.05) is 0 Å². The molecule has 76 valence electrons. The van der Waals surface area contributed by atoms with E-state index in [2.05, 4.69) is 4.94 Å². The minimum Gasteiger partial charge on any atom is -0.187 e. The molecule has 3 heteroatoms. The number of hydrogen-bond donors (Lipinski definition) is 0. The summed E-state index contributed by atoms with van der Waals surface area (Å²) < 4.78 is 12.6. The lowest BCUT2D eigenvalue weighted by molar-refractivity contribution is -0.253. The summed E-state index contributed by atoms with van der Waals surface area (Å²) in [5, 5.41) is 0.133. The second-order valence-electron chi connectivity index (χ2n) is 4.40. The van der Waals surface area contributed by atoms with Crippen LogP contribution in [-0.4, -0.2) is 11.0 Å². The molecule has 2 rings (SSSR count). The predicted octanol–water partition coefficient (Wildman–Crippen LogP) is 3.61. The molecule has 0 spiro atoms. The lowest BCUT2D eigenvalue weighted by atomic mass is 9.84. The van der Waals surface area contributed by atoms with Gasteiger partial charge in [0.15, 0.2) is 0 Å². The fourth-order valence-electron chi connectivity index (χ4n) is 2.99. The van der Waals surface area contributed by atoms with Crippen LogP contribution in [0.2, 0.25) is 0 Å². The summed E-state index contributed by atoms with van der Waals surface area (Å²) in [6.45, 7) is 0. The first-order chi connectivity index (χ1) is 6.28. The highest BCUT2D eigenvalue weighted by atomic mass is 35.5. The van der Waals surface area contributed by atoms with Crippen molar-refractivity contribution in [3.05, 3.63) is 0 Å². The molecule has 0 aromatic heterocycles. The molecule has 13 heavy (non-hydrogen) atoms. The number of alkyl halides is 1. The van der Waals surface area contributed by atoms with Crippen LogP contribution in [0.4, 0.5) is 4.53 Å². The molecule has 2 atom stereocenters. The van der Waals surface area contributed by atoms with Gasteiger partial charge in [0.05, 0.1) is 0 Å². The van der Waals surface area contributed by atoms with Crippen LogP contribution in [0, 0.1) is 5.92 Å². The first kappa shape index (κ1) is 9.72. The summed E-state index contributed by atoms with van der Waals surface area (Å²) in [5.41, 5.74) is -0.511. The molecule has 0 aromatic carbocycles. The van der Waals surface area contributed by atoms with E-state index >= 15 is 0 Å². The van der Waals surface area contributed by atoms with Crippen molar-refractivity contribution in [3.63, 3.8) is 0 Å². The first-order valence-electron chi connectivity index (χ1n) is 5.22. The molecule has 2 saturated carbocycles. The van der Waals surface area contributed by atoms with Crippen molar-refractivity contribution >= 4 is 11.6 Å². The fraction of sp³-hybridized carbons (Fsp3) is 1.00. The van der Waals surface area contributed by atoms with Gasteiger partial charge in [0.25, 0.3) is 0 Å². The van der Waals surface area contributed by atoms with Crippen LogP contribution in [0.15, 0.2) is 0 Å². The van der Waals surface area contributed by atoms with Gasteiger partial charge in [-0.1, -0.05) is 19.3 Å². The fourth-order valence-corrected chi connectivity index (χ4v) is 3.50. The average Bonchev–Trinajstić information content (AvgIpc) is 2.73. The second-order valence-corrected chi connectivity index (χ2v) is 4.96. The SMILES string of the molecule is FOC1(C2CCCC2Cl)CCCC1. The third-order valence-corrected chi connectivity index (χ3v) is 4.23. The van der Waals surface area contributed by atoms with Crippen molar-refractivity contribution in [2.24, 2.45) is 5.92 Å². The minimum absolute atomic E-state index is 0.133. The molecule has 1 nitrogen and oxygen atoms in total. The highest BCUT2D eigenvalue weighted by molar-refractivity contribution is 6.21. The molecule has 2 aliphatic rings. The van der Waals surface area contributed by atoms with Crippen LogP contribution in [-0.2, 0) is 4.94 Å². The molecule has 0 amide bonds. The van der Waals surface area contributed by atoms with Crippen LogP contribution < -0.4 is 0 Å². The van der Waals surface area contributed by atoms with Crippen molar-refractivity contribution < 1.29 is 9.47 Å². The highest BCUT2D eigenvalue weighted by Crippen LogP contribution is 2.48. The predicted molar refractivity (Wildman–Crippen MR) is 50.4 cm³/mol. The molecule has 0 radical (unpaired) electrons. The van der Waals surface area contributed by atoms with Gasteiger partial charge in [0, 0.05) is 11.3 Å². The normalized spacial score (nSPS) is 38.3. The maximum Gasteiger partial charge on any atom is 0.113 e. The van der Waals surface area contributed by atoms with E-state index in [0.717, 1.165) is 44.9 Å². The van der Waals surface area contributed by atoms with Crippen molar-refractivity contribution in [2.45, 2.75) is 55.9 Å². The van der Waals surface area contributed by atoms with Gasteiger partial charge in [-0.25, -0.2) is 0 Å². The Bertz CT molecular complexity index is 180. The van der Waals surface area contributed by atoms with Gasteiger partial charge in [-0.2, -0.15) is 4.94 Å². The van der Waals surface area contributed by atoms with E-state index in [4.69, 9.17) is 11.6 Å². The molecular weight excluding hydrogens is 191 g/mol. The summed E-state index contributed by atoms with van der Waals surface area (Å²) in [4.78, 5) is 4.27. The van der Waals surface area contributed by atoms with Gasteiger partial charge in [0.2, 0.25) is 0 Å². The average molecular weight is 207 g/mol. The van der Waals surface area contributed by atoms with E-state index in [9.17, 15) is 4.53 Å². The van der Waals surface area contributed by atoms with E-state index in [0.29, 0.717) is 0 Å². The minimum atomic E-state index is -0.511. The van der Waals surface area contributed by atoms with Gasteiger partial charge in [0.1, 0.15) is 5.60 Å². The Labute approximate surface area is 83.5 Å². The Hall–Kier alpha value is 0.180. The summed E-state index contributed by atoms with van der Waals surface area (Å²) >= 11 is 6.18. The molecule has 0 saturated heterocycles. The summed E-state index contributed by atoms with van der Waals surface area (Å²) in [5.74, 6) is 0.252. The molecule has 2 aliphatic carbocycles. The number of hydrogen-bond acceptors (Lipinski definition) is 1. The van der Waals surface area contributed by atoms with Crippen LogP contribution in [0.1, 0.15) is 44.9 Å². The van der Waals surface area contributed by atoms with Crippen molar-refractivity contribution in [1.82, 2.24) is 0 Å². The van der Waals surface area contributed by atoms with E-state index in [-0.39, 0.29) is 11.3 Å². The van der Waals surface area contributed by atoms with Crippen molar-refractivity contribution in [1.29, 1.82) is 0 Å².